The van der Waals surface area contributed by atoms with Crippen LogP contribution in [-0.2, 0) is 19.9 Å². The smallest absolute Gasteiger partial charge is 0.180 e. The van der Waals surface area contributed by atoms with Crippen molar-refractivity contribution >= 4 is 56.7 Å². The number of aryl methyl sites for hydroxylation is 7. The van der Waals surface area contributed by atoms with Gasteiger partial charge in [0.1, 0.15) is 12.0 Å². The minimum Gasteiger partial charge on any atom is -0.496 e. The van der Waals surface area contributed by atoms with Crippen molar-refractivity contribution in [2.75, 3.05) is 7.11 Å². The Balaban J connectivity index is -0.000000597. The summed E-state index contributed by atoms with van der Waals surface area (Å²) in [5, 5.41) is 18.7. The zero-order valence-electron chi connectivity index (χ0n) is 33.5. The van der Waals surface area contributed by atoms with E-state index in [2.05, 4.69) is 84.2 Å². The standard InChI is InChI=1S/C7H10OS.C6H8S.C5H6O.C5H6S.C4H6N2.C4H5NO.C4H5NS.C4H5N.C4H4S.3CH4/c1-3-6-4-9-5-7(6)8-2;1-2-6-3-4-7-5-6;2*1-5-2-3-6-4-5;1-6-3-2-5-4-6;2*1-4-2-6-3-5-4;2*1-2-4-5-3-1;;;/h4-5H,3H2,1-2H3;3-5H,2H2,1H3;3*2-4H,1H3;2*2-3H,1H3;1-5H;1-4H;3*1H4. The summed E-state index contributed by atoms with van der Waals surface area (Å²) in [6.45, 7) is 12.2. The Morgan fingerprint density at radius 1 is 0.678 bits per heavy atom. The Kier molecular flexibility index (Phi) is 41.0. The highest BCUT2D eigenvalue weighted by molar-refractivity contribution is 7.08. The van der Waals surface area contributed by atoms with Crippen LogP contribution >= 0.6 is 56.7 Å². The first-order valence-electron chi connectivity index (χ1n) is 17.5. The molecule has 9 aromatic rings. The molecule has 0 bridgehead atoms. The van der Waals surface area contributed by atoms with Gasteiger partial charge in [-0.1, -0.05) is 48.3 Å². The van der Waals surface area contributed by atoms with Gasteiger partial charge < -0.3 is 23.1 Å². The highest BCUT2D eigenvalue weighted by atomic mass is 32.1. The summed E-state index contributed by atoms with van der Waals surface area (Å²) in [6.07, 6.45) is 17.8. The summed E-state index contributed by atoms with van der Waals surface area (Å²) in [5.74, 6) is 1.03. The predicted octanol–water partition coefficient (Wildman–Crippen LogP) is 15.8. The minimum atomic E-state index is 0. The molecule has 0 aliphatic heterocycles. The zero-order valence-corrected chi connectivity index (χ0v) is 37.6. The van der Waals surface area contributed by atoms with E-state index in [0.29, 0.717) is 0 Å². The lowest BCUT2D eigenvalue weighted by Gasteiger charge is -1.96. The molecule has 0 saturated carbocycles. The topological polar surface area (TPSA) is 94.9 Å². The summed E-state index contributed by atoms with van der Waals surface area (Å²) < 4.78 is 16.3. The normalized spacial score (nSPS) is 8.41. The van der Waals surface area contributed by atoms with Crippen LogP contribution in [0, 0.1) is 27.7 Å². The number of aromatic amines is 1. The number of imidazole rings is 1. The molecule has 1 N–H and O–H groups in total. The number of methoxy groups -OCH3 is 1. The Labute approximate surface area is 375 Å². The van der Waals surface area contributed by atoms with Gasteiger partial charge in [0.15, 0.2) is 6.39 Å². The lowest BCUT2D eigenvalue weighted by Crippen LogP contribution is -1.83. The van der Waals surface area contributed by atoms with Crippen LogP contribution < -0.4 is 4.74 Å². The second kappa shape index (κ2) is 41.4. The largest absolute Gasteiger partial charge is 0.496 e. The van der Waals surface area contributed by atoms with Gasteiger partial charge in [0, 0.05) is 53.9 Å². The molecule has 9 rings (SSSR count). The third kappa shape index (κ3) is 34.9. The second-order valence-electron chi connectivity index (χ2n) is 11.1. The molecule has 0 aliphatic rings. The van der Waals surface area contributed by atoms with Gasteiger partial charge in [0.25, 0.3) is 0 Å². The lowest BCUT2D eigenvalue weighted by atomic mass is 10.2. The van der Waals surface area contributed by atoms with E-state index in [-0.39, 0.29) is 22.3 Å². The fraction of sp³-hybridized carbons (Fsp3) is 0.283. The SMILES string of the molecule is C.C.C.CCc1ccsc1.CCc1cscc1OC.Cc1ccoc1.Cc1ccsc1.Cc1cocn1.Cc1cscn1.Cn1ccnc1.c1cc[nH]c1.c1ccsc1. The van der Waals surface area contributed by atoms with Crippen LogP contribution in [0.25, 0.3) is 0 Å². The number of ether oxygens (including phenoxy) is 1. The van der Waals surface area contributed by atoms with Crippen LogP contribution in [-0.4, -0.2) is 31.6 Å². The molecule has 0 unspecified atom stereocenters. The molecule has 0 fully saturated rings. The Morgan fingerprint density at radius 3 is 1.61 bits per heavy atom. The summed E-state index contributed by atoms with van der Waals surface area (Å²) >= 11 is 8.54. The average Bonchev–Trinajstić information content (AvgIpc) is 4.07. The fourth-order valence-corrected chi connectivity index (χ4v) is 6.59. The second-order valence-corrected chi connectivity index (χ2v) is 14.9. The van der Waals surface area contributed by atoms with Gasteiger partial charge in [0.05, 0.1) is 37.2 Å². The zero-order chi connectivity index (χ0) is 40.9. The summed E-state index contributed by atoms with van der Waals surface area (Å²) in [6, 6.07) is 14.1. The monoisotopic (exact) mass is 897 g/mol. The maximum absolute atomic E-state index is 5.09. The van der Waals surface area contributed by atoms with Crippen molar-refractivity contribution in [2.45, 2.75) is 76.7 Å². The average molecular weight is 898 g/mol. The van der Waals surface area contributed by atoms with Gasteiger partial charge in [-0.3, -0.25) is 4.98 Å². The van der Waals surface area contributed by atoms with Gasteiger partial charge in [0.2, 0.25) is 0 Å². The van der Waals surface area contributed by atoms with E-state index in [1.807, 2.05) is 108 Å². The maximum Gasteiger partial charge on any atom is 0.180 e. The first kappa shape index (κ1) is 58.5. The van der Waals surface area contributed by atoms with Crippen molar-refractivity contribution in [3.63, 3.8) is 0 Å². The van der Waals surface area contributed by atoms with E-state index in [1.54, 1.807) is 95.1 Å². The molecule has 0 saturated heterocycles. The number of rotatable bonds is 3. The molecule has 13 heteroatoms. The fourth-order valence-electron chi connectivity index (χ4n) is 3.28. The molecule has 8 nitrogen and oxygen atoms in total. The van der Waals surface area contributed by atoms with Crippen molar-refractivity contribution in [1.82, 2.24) is 24.5 Å². The lowest BCUT2D eigenvalue weighted by molar-refractivity contribution is 0.412. The van der Waals surface area contributed by atoms with E-state index >= 15 is 0 Å². The third-order valence-corrected chi connectivity index (χ3v) is 9.92. The van der Waals surface area contributed by atoms with Crippen LogP contribution in [0.5, 0.6) is 5.75 Å². The molecule has 9 aromatic heterocycles. The molecular weight excluding hydrogens is 831 g/mol. The first-order chi connectivity index (χ1) is 27.3. The van der Waals surface area contributed by atoms with Gasteiger partial charge in [-0.15, -0.1) is 22.7 Å². The highest BCUT2D eigenvalue weighted by Gasteiger charge is 1.98. The number of hydrogen-bond donors (Lipinski definition) is 1. The third-order valence-electron chi connectivity index (χ3n) is 6.29. The summed E-state index contributed by atoms with van der Waals surface area (Å²) in [7, 11) is 3.65. The first-order valence-corrected chi connectivity index (χ1v) is 22.2. The minimum absolute atomic E-state index is 0. The molecule has 0 radical (unpaired) electrons. The number of hydrogen-bond acceptors (Lipinski definition) is 11. The molecule has 0 spiro atoms. The number of oxazole rings is 1. The van der Waals surface area contributed by atoms with Crippen molar-refractivity contribution in [3.05, 3.63) is 186 Å². The van der Waals surface area contributed by atoms with Gasteiger partial charge in [-0.25, -0.2) is 9.97 Å². The van der Waals surface area contributed by atoms with Crippen LogP contribution in [0.1, 0.15) is 69.8 Å². The Morgan fingerprint density at radius 2 is 1.39 bits per heavy atom. The van der Waals surface area contributed by atoms with Gasteiger partial charge in [-0.2, -0.15) is 34.0 Å². The van der Waals surface area contributed by atoms with E-state index in [0.717, 1.165) is 23.6 Å². The van der Waals surface area contributed by atoms with Gasteiger partial charge >= 0.3 is 0 Å². The van der Waals surface area contributed by atoms with E-state index in [4.69, 9.17) is 9.15 Å². The summed E-state index contributed by atoms with van der Waals surface area (Å²) in [4.78, 5) is 14.3. The highest BCUT2D eigenvalue weighted by Crippen LogP contribution is 2.22. The Bertz CT molecular complexity index is 1670. The quantitative estimate of drug-likeness (QED) is 0.190. The van der Waals surface area contributed by atoms with Crippen LogP contribution in [0.15, 0.2) is 162 Å². The molecule has 0 amide bonds. The van der Waals surface area contributed by atoms with Crippen molar-refractivity contribution in [2.24, 2.45) is 7.05 Å². The van der Waals surface area contributed by atoms with Gasteiger partial charge in [-0.05, 0) is 125 Å². The van der Waals surface area contributed by atoms with Crippen LogP contribution in [0.4, 0.5) is 0 Å². The number of aromatic nitrogens is 5. The van der Waals surface area contributed by atoms with E-state index < -0.39 is 0 Å². The molecule has 324 valence electrons. The molecular formula is C46H67N5O3S5. The van der Waals surface area contributed by atoms with Crippen molar-refractivity contribution < 1.29 is 13.6 Å². The summed E-state index contributed by atoms with van der Waals surface area (Å²) in [5.41, 5.74) is 9.16. The molecule has 9 heterocycles. The molecule has 0 aliphatic carbocycles. The number of H-pyrrole nitrogens is 1. The van der Waals surface area contributed by atoms with E-state index in [1.165, 1.54) is 35.1 Å². The van der Waals surface area contributed by atoms with Crippen molar-refractivity contribution in [3.8, 4) is 5.75 Å². The number of thiazole rings is 1. The van der Waals surface area contributed by atoms with Crippen molar-refractivity contribution in [1.29, 1.82) is 0 Å². The Hall–Kier alpha value is -4.79. The maximum atomic E-state index is 5.09. The number of furan rings is 1. The predicted molar refractivity (Wildman–Crippen MR) is 263 cm³/mol. The van der Waals surface area contributed by atoms with Crippen LogP contribution in [0.3, 0.4) is 0 Å². The molecule has 0 aromatic carbocycles. The van der Waals surface area contributed by atoms with E-state index in [9.17, 15) is 0 Å². The molecule has 0 atom stereocenters. The number of thiophene rings is 4. The number of nitrogens with zero attached hydrogens (tertiary/aromatic N) is 4. The number of nitrogens with one attached hydrogen (secondary N) is 1. The molecule has 59 heavy (non-hydrogen) atoms. The van der Waals surface area contributed by atoms with Crippen LogP contribution in [0.2, 0.25) is 0 Å².